The van der Waals surface area contributed by atoms with Gasteiger partial charge in [0.25, 0.3) is 0 Å². The van der Waals surface area contributed by atoms with E-state index >= 15 is 0 Å². The average Bonchev–Trinajstić information content (AvgIpc) is 3.39. The van der Waals surface area contributed by atoms with Crippen molar-refractivity contribution >= 4 is 17.0 Å². The van der Waals surface area contributed by atoms with Crippen LogP contribution in [0.4, 0.5) is 4.79 Å². The average molecular weight is 354 g/mol. The maximum Gasteiger partial charge on any atom is 0.315 e. The van der Waals surface area contributed by atoms with Crippen LogP contribution in [0.5, 0.6) is 0 Å². The summed E-state index contributed by atoms with van der Waals surface area (Å²) in [4.78, 5) is 16.6. The van der Waals surface area contributed by atoms with Crippen LogP contribution in [0.15, 0.2) is 39.3 Å². The van der Waals surface area contributed by atoms with Gasteiger partial charge >= 0.3 is 6.03 Å². The maximum atomic E-state index is 12.1. The summed E-state index contributed by atoms with van der Waals surface area (Å²) in [5.74, 6) is 2.29. The van der Waals surface area contributed by atoms with Crippen molar-refractivity contribution in [2.75, 3.05) is 0 Å². The zero-order valence-electron chi connectivity index (χ0n) is 14.7. The number of hydrogen-bond donors (Lipinski definition) is 2. The molecule has 136 valence electrons. The van der Waals surface area contributed by atoms with Gasteiger partial charge in [-0.05, 0) is 31.9 Å². The third kappa shape index (κ3) is 3.56. The van der Waals surface area contributed by atoms with Gasteiger partial charge < -0.3 is 19.6 Å². The molecule has 1 atom stereocenters. The molecule has 2 N–H and O–H groups in total. The molecule has 4 rings (SSSR count). The fraction of sp³-hybridized carbons (Fsp3) is 0.421. The molecule has 1 aromatic carbocycles. The number of fused-ring (bicyclic) bond motifs is 1. The molecule has 7 nitrogen and oxygen atoms in total. The third-order valence-corrected chi connectivity index (χ3v) is 4.80. The third-order valence-electron chi connectivity index (χ3n) is 4.80. The minimum absolute atomic E-state index is 0.307. The standard InChI is InChI=1S/C19H22N4O3/c1-12(18-22-17(23-26-18)13-6-2-3-7-13)21-19(24)20-11-15-10-14-8-4-5-9-16(14)25-15/h4-5,8-10,12-13H,2-3,6-7,11H2,1H3,(H2,20,21,24). The fourth-order valence-electron chi connectivity index (χ4n) is 3.37. The lowest BCUT2D eigenvalue weighted by molar-refractivity contribution is 0.233. The summed E-state index contributed by atoms with van der Waals surface area (Å²) < 4.78 is 11.0. The first kappa shape index (κ1) is 16.6. The first-order valence-electron chi connectivity index (χ1n) is 9.04. The smallest absolute Gasteiger partial charge is 0.315 e. The van der Waals surface area contributed by atoms with E-state index in [9.17, 15) is 4.79 Å². The van der Waals surface area contributed by atoms with E-state index in [1.807, 2.05) is 37.3 Å². The Morgan fingerprint density at radius 3 is 2.92 bits per heavy atom. The van der Waals surface area contributed by atoms with Crippen molar-refractivity contribution in [3.05, 3.63) is 47.8 Å². The van der Waals surface area contributed by atoms with E-state index in [1.54, 1.807) is 0 Å². The van der Waals surface area contributed by atoms with Gasteiger partial charge in [-0.1, -0.05) is 36.2 Å². The van der Waals surface area contributed by atoms with Crippen LogP contribution in [0.25, 0.3) is 11.0 Å². The van der Waals surface area contributed by atoms with Gasteiger partial charge in [-0.2, -0.15) is 4.98 Å². The summed E-state index contributed by atoms with van der Waals surface area (Å²) in [5.41, 5.74) is 0.809. The van der Waals surface area contributed by atoms with Gasteiger partial charge in [-0.15, -0.1) is 0 Å². The minimum Gasteiger partial charge on any atom is -0.459 e. The zero-order chi connectivity index (χ0) is 17.9. The number of hydrogen-bond acceptors (Lipinski definition) is 5. The highest BCUT2D eigenvalue weighted by atomic mass is 16.5. The van der Waals surface area contributed by atoms with Gasteiger partial charge in [-0.25, -0.2) is 4.79 Å². The normalized spacial score (nSPS) is 16.0. The number of rotatable bonds is 5. The van der Waals surface area contributed by atoms with E-state index < -0.39 is 0 Å². The largest absolute Gasteiger partial charge is 0.459 e. The number of urea groups is 1. The molecular formula is C19H22N4O3. The van der Waals surface area contributed by atoms with E-state index in [-0.39, 0.29) is 12.1 Å². The lowest BCUT2D eigenvalue weighted by atomic mass is 10.1. The molecule has 1 aliphatic carbocycles. The highest BCUT2D eigenvalue weighted by Crippen LogP contribution is 2.32. The summed E-state index contributed by atoms with van der Waals surface area (Å²) >= 11 is 0. The highest BCUT2D eigenvalue weighted by molar-refractivity contribution is 5.78. The Labute approximate surface area is 151 Å². The number of amides is 2. The van der Waals surface area contributed by atoms with Crippen LogP contribution in [-0.4, -0.2) is 16.2 Å². The predicted molar refractivity (Wildman–Crippen MR) is 95.5 cm³/mol. The van der Waals surface area contributed by atoms with Crippen molar-refractivity contribution in [2.45, 2.75) is 51.1 Å². The molecule has 0 bridgehead atoms. The molecular weight excluding hydrogens is 332 g/mol. The SMILES string of the molecule is CC(NC(=O)NCc1cc2ccccc2o1)c1nc(C2CCCC2)no1. The van der Waals surface area contributed by atoms with Crippen LogP contribution < -0.4 is 10.6 Å². The van der Waals surface area contributed by atoms with Crippen molar-refractivity contribution in [1.29, 1.82) is 0 Å². The summed E-state index contributed by atoms with van der Waals surface area (Å²) in [6.07, 6.45) is 4.65. The van der Waals surface area contributed by atoms with E-state index in [0.717, 1.165) is 29.6 Å². The van der Waals surface area contributed by atoms with Gasteiger partial charge in [0.1, 0.15) is 17.4 Å². The lowest BCUT2D eigenvalue weighted by Gasteiger charge is -2.10. The van der Waals surface area contributed by atoms with Gasteiger partial charge in [-0.3, -0.25) is 0 Å². The molecule has 0 saturated heterocycles. The van der Waals surface area contributed by atoms with Crippen LogP contribution >= 0.6 is 0 Å². The quantitative estimate of drug-likeness (QED) is 0.721. The number of nitrogens with zero attached hydrogens (tertiary/aromatic N) is 2. The molecule has 0 spiro atoms. The van der Waals surface area contributed by atoms with Gasteiger partial charge in [0.05, 0.1) is 6.54 Å². The molecule has 1 aliphatic rings. The van der Waals surface area contributed by atoms with Crippen molar-refractivity contribution in [3.8, 4) is 0 Å². The van der Waals surface area contributed by atoms with Gasteiger partial charge in [0.15, 0.2) is 5.82 Å². The number of carbonyl (C=O) groups is 1. The summed E-state index contributed by atoms with van der Waals surface area (Å²) in [5, 5.41) is 10.7. The number of aromatic nitrogens is 2. The fourth-order valence-corrected chi connectivity index (χ4v) is 3.37. The minimum atomic E-state index is -0.353. The number of carbonyl (C=O) groups excluding carboxylic acids is 1. The molecule has 2 amide bonds. The highest BCUT2D eigenvalue weighted by Gasteiger charge is 2.24. The summed E-state index contributed by atoms with van der Waals surface area (Å²) in [6.45, 7) is 2.14. The van der Waals surface area contributed by atoms with Gasteiger partial charge in [0, 0.05) is 11.3 Å². The second kappa shape index (κ2) is 7.19. The molecule has 1 unspecified atom stereocenters. The van der Waals surface area contributed by atoms with Crippen LogP contribution in [0.3, 0.4) is 0 Å². The molecule has 2 aromatic heterocycles. The molecule has 1 saturated carbocycles. The molecule has 1 fully saturated rings. The topological polar surface area (TPSA) is 93.2 Å². The number of nitrogens with one attached hydrogen (secondary N) is 2. The van der Waals surface area contributed by atoms with Crippen molar-refractivity contribution in [1.82, 2.24) is 20.8 Å². The van der Waals surface area contributed by atoms with Crippen molar-refractivity contribution in [3.63, 3.8) is 0 Å². The van der Waals surface area contributed by atoms with Crippen LogP contribution in [-0.2, 0) is 6.54 Å². The Hall–Kier alpha value is -2.83. The molecule has 0 aliphatic heterocycles. The van der Waals surface area contributed by atoms with E-state index in [0.29, 0.717) is 24.1 Å². The van der Waals surface area contributed by atoms with E-state index in [1.165, 1.54) is 12.8 Å². The summed E-state index contributed by atoms with van der Waals surface area (Å²) in [6, 6.07) is 9.01. The monoisotopic (exact) mass is 354 g/mol. The van der Waals surface area contributed by atoms with Crippen LogP contribution in [0.2, 0.25) is 0 Å². The zero-order valence-corrected chi connectivity index (χ0v) is 14.7. The van der Waals surface area contributed by atoms with E-state index in [2.05, 4.69) is 20.8 Å². The first-order chi connectivity index (χ1) is 12.7. The molecule has 0 radical (unpaired) electrons. The maximum absolute atomic E-state index is 12.1. The molecule has 26 heavy (non-hydrogen) atoms. The number of benzene rings is 1. The summed E-state index contributed by atoms with van der Waals surface area (Å²) in [7, 11) is 0. The Balaban J connectivity index is 1.31. The second-order valence-corrected chi connectivity index (χ2v) is 6.77. The molecule has 2 heterocycles. The van der Waals surface area contributed by atoms with Crippen LogP contribution in [0.1, 0.15) is 62.0 Å². The predicted octanol–water partition coefficient (Wildman–Crippen LogP) is 4.03. The van der Waals surface area contributed by atoms with Crippen LogP contribution in [0, 0.1) is 0 Å². The van der Waals surface area contributed by atoms with Gasteiger partial charge in [0.2, 0.25) is 5.89 Å². The Kier molecular flexibility index (Phi) is 4.60. The van der Waals surface area contributed by atoms with Crippen molar-refractivity contribution in [2.24, 2.45) is 0 Å². The Bertz CT molecular complexity index is 862. The number of furan rings is 1. The Morgan fingerprint density at radius 1 is 1.31 bits per heavy atom. The number of para-hydroxylation sites is 1. The second-order valence-electron chi connectivity index (χ2n) is 6.77. The first-order valence-corrected chi connectivity index (χ1v) is 9.04. The lowest BCUT2D eigenvalue weighted by Crippen LogP contribution is -2.36. The molecule has 3 aromatic rings. The molecule has 7 heteroatoms. The Morgan fingerprint density at radius 2 is 2.12 bits per heavy atom. The van der Waals surface area contributed by atoms with E-state index in [4.69, 9.17) is 8.94 Å². The van der Waals surface area contributed by atoms with Crippen molar-refractivity contribution < 1.29 is 13.7 Å².